The van der Waals surface area contributed by atoms with Gasteiger partial charge in [0.05, 0.1) is 0 Å². The van der Waals surface area contributed by atoms with Gasteiger partial charge in [-0.2, -0.15) is 0 Å². The summed E-state index contributed by atoms with van der Waals surface area (Å²) in [6.07, 6.45) is 0.879. The average molecular weight is 213 g/mol. The second-order valence-electron chi connectivity index (χ2n) is 2.30. The molecule has 0 atom stereocenters. The fourth-order valence-electron chi connectivity index (χ4n) is 0.894. The van der Waals surface area contributed by atoms with Crippen LogP contribution in [0, 0.1) is 0 Å². The smallest absolute Gasteiger partial charge is 0.178 e. The Hall–Kier alpha value is -0.630. The summed E-state index contributed by atoms with van der Waals surface area (Å²) in [5.74, 6) is 0. The van der Waals surface area contributed by atoms with E-state index in [1.807, 2.05) is 13.0 Å². The van der Waals surface area contributed by atoms with E-state index in [1.165, 1.54) is 0 Å². The second-order valence-corrected chi connectivity index (χ2v) is 3.15. The summed E-state index contributed by atoms with van der Waals surface area (Å²) in [6, 6.07) is 6.86. The highest BCUT2D eigenvalue weighted by molar-refractivity contribution is 9.10. The minimum atomic E-state index is 0.0625. The lowest BCUT2D eigenvalue weighted by molar-refractivity contribution is 1.13. The van der Waals surface area contributed by atoms with E-state index >= 15 is 0 Å². The van der Waals surface area contributed by atoms with Crippen molar-refractivity contribution < 1.29 is 0 Å². The Morgan fingerprint density at radius 1 is 1.45 bits per heavy atom. The molecule has 0 amide bonds. The molecular formula is C9H9BrO. The average Bonchev–Trinajstić information content (AvgIpc) is 2.13. The molecule has 0 heterocycles. The van der Waals surface area contributed by atoms with E-state index in [0.717, 1.165) is 16.5 Å². The van der Waals surface area contributed by atoms with Gasteiger partial charge in [-0.25, -0.2) is 0 Å². The van der Waals surface area contributed by atoms with Crippen molar-refractivity contribution in [3.63, 3.8) is 0 Å². The van der Waals surface area contributed by atoms with Crippen molar-refractivity contribution in [1.29, 1.82) is 0 Å². The third-order valence-corrected chi connectivity index (χ3v) is 2.28. The first-order valence-corrected chi connectivity index (χ1v) is 4.32. The molecule has 58 valence electrons. The maximum absolute atomic E-state index is 11.0. The molecule has 0 aromatic heterocycles. The van der Waals surface area contributed by atoms with E-state index in [2.05, 4.69) is 15.9 Å². The predicted molar refractivity (Wildman–Crippen MR) is 49.8 cm³/mol. The lowest BCUT2D eigenvalue weighted by atomic mass is 10.2. The molecule has 0 unspecified atom stereocenters. The van der Waals surface area contributed by atoms with Gasteiger partial charge >= 0.3 is 0 Å². The van der Waals surface area contributed by atoms with Crippen LogP contribution in [0.2, 0.25) is 0 Å². The standard InChI is InChI=1S/C9H9BrO/c1-2-7-6-8(11)4-3-5-9(7)10/h3-6H,2H2,1H3. The van der Waals surface area contributed by atoms with Crippen LogP contribution in [0.25, 0.3) is 0 Å². The Labute approximate surface area is 74.2 Å². The number of hydrogen-bond acceptors (Lipinski definition) is 1. The zero-order valence-corrected chi connectivity index (χ0v) is 7.89. The van der Waals surface area contributed by atoms with Gasteiger partial charge in [0.15, 0.2) is 5.43 Å². The number of hydrogen-bond donors (Lipinski definition) is 0. The number of rotatable bonds is 1. The van der Waals surface area contributed by atoms with E-state index in [-0.39, 0.29) is 5.43 Å². The first-order chi connectivity index (χ1) is 5.24. The summed E-state index contributed by atoms with van der Waals surface area (Å²) >= 11 is 3.38. The van der Waals surface area contributed by atoms with Crippen LogP contribution in [0.4, 0.5) is 0 Å². The van der Waals surface area contributed by atoms with E-state index in [9.17, 15) is 4.79 Å². The first-order valence-electron chi connectivity index (χ1n) is 3.53. The molecule has 0 spiro atoms. The van der Waals surface area contributed by atoms with Crippen molar-refractivity contribution in [1.82, 2.24) is 0 Å². The quantitative estimate of drug-likeness (QED) is 0.699. The van der Waals surface area contributed by atoms with Crippen LogP contribution in [0.5, 0.6) is 0 Å². The van der Waals surface area contributed by atoms with Crippen LogP contribution < -0.4 is 5.43 Å². The number of halogens is 1. The fourth-order valence-corrected chi connectivity index (χ4v) is 1.44. The van der Waals surface area contributed by atoms with Gasteiger partial charge in [-0.1, -0.05) is 28.9 Å². The topological polar surface area (TPSA) is 17.1 Å². The largest absolute Gasteiger partial charge is 0.290 e. The molecule has 0 aliphatic rings. The Morgan fingerprint density at radius 3 is 2.82 bits per heavy atom. The van der Waals surface area contributed by atoms with Gasteiger partial charge in [0.1, 0.15) is 0 Å². The third kappa shape index (κ3) is 2.15. The van der Waals surface area contributed by atoms with Crippen LogP contribution in [-0.2, 0) is 6.42 Å². The van der Waals surface area contributed by atoms with E-state index in [0.29, 0.717) is 0 Å². The van der Waals surface area contributed by atoms with Gasteiger partial charge in [0, 0.05) is 4.47 Å². The van der Waals surface area contributed by atoms with Crippen LogP contribution in [0.1, 0.15) is 12.5 Å². The summed E-state index contributed by atoms with van der Waals surface area (Å²) in [6.45, 7) is 2.03. The summed E-state index contributed by atoms with van der Waals surface area (Å²) in [5, 5.41) is 0. The van der Waals surface area contributed by atoms with Crippen molar-refractivity contribution in [3.05, 3.63) is 44.5 Å². The van der Waals surface area contributed by atoms with Gasteiger partial charge < -0.3 is 0 Å². The van der Waals surface area contributed by atoms with Gasteiger partial charge in [-0.3, -0.25) is 4.79 Å². The van der Waals surface area contributed by atoms with Gasteiger partial charge in [0.25, 0.3) is 0 Å². The molecule has 0 N–H and O–H groups in total. The minimum absolute atomic E-state index is 0.0625. The molecule has 0 fully saturated rings. The molecule has 0 saturated carbocycles. The molecule has 0 saturated heterocycles. The zero-order valence-electron chi connectivity index (χ0n) is 6.30. The van der Waals surface area contributed by atoms with Crippen molar-refractivity contribution in [3.8, 4) is 0 Å². The highest BCUT2D eigenvalue weighted by Crippen LogP contribution is 2.13. The highest BCUT2D eigenvalue weighted by Gasteiger charge is 1.93. The van der Waals surface area contributed by atoms with Gasteiger partial charge in [0.2, 0.25) is 0 Å². The highest BCUT2D eigenvalue weighted by atomic mass is 79.9. The minimum Gasteiger partial charge on any atom is -0.290 e. The first kappa shape index (κ1) is 8.47. The molecule has 1 aromatic rings. The Balaban J connectivity index is 3.36. The van der Waals surface area contributed by atoms with Crippen molar-refractivity contribution >= 4 is 15.9 Å². The number of aryl methyl sites for hydroxylation is 1. The molecule has 2 heteroatoms. The van der Waals surface area contributed by atoms with Crippen LogP contribution >= 0.6 is 15.9 Å². The van der Waals surface area contributed by atoms with Gasteiger partial charge in [-0.15, -0.1) is 0 Å². The van der Waals surface area contributed by atoms with Crippen LogP contribution in [-0.4, -0.2) is 0 Å². The lowest BCUT2D eigenvalue weighted by Crippen LogP contribution is -1.92. The van der Waals surface area contributed by atoms with Gasteiger partial charge in [-0.05, 0) is 30.2 Å². The summed E-state index contributed by atoms with van der Waals surface area (Å²) in [4.78, 5) is 11.0. The molecule has 11 heavy (non-hydrogen) atoms. The Kier molecular flexibility index (Phi) is 2.83. The molecule has 0 bridgehead atoms. The summed E-state index contributed by atoms with van der Waals surface area (Å²) in [5.41, 5.74) is 1.12. The Bertz CT molecular complexity index is 307. The third-order valence-electron chi connectivity index (χ3n) is 1.51. The molecule has 0 aliphatic carbocycles. The van der Waals surface area contributed by atoms with Crippen LogP contribution in [0.3, 0.4) is 0 Å². The normalized spacial score (nSPS) is 9.64. The lowest BCUT2D eigenvalue weighted by Gasteiger charge is -1.91. The van der Waals surface area contributed by atoms with E-state index in [1.54, 1.807) is 18.2 Å². The maximum Gasteiger partial charge on any atom is 0.178 e. The molecule has 1 rings (SSSR count). The van der Waals surface area contributed by atoms with E-state index in [4.69, 9.17) is 0 Å². The summed E-state index contributed by atoms with van der Waals surface area (Å²) in [7, 11) is 0. The molecule has 0 radical (unpaired) electrons. The molecule has 1 nitrogen and oxygen atoms in total. The maximum atomic E-state index is 11.0. The second kappa shape index (κ2) is 3.67. The SMILES string of the molecule is CCc1cc(=O)cccc1Br. The molecule has 0 aliphatic heterocycles. The molecule has 1 aromatic carbocycles. The monoisotopic (exact) mass is 212 g/mol. The Morgan fingerprint density at radius 2 is 2.18 bits per heavy atom. The van der Waals surface area contributed by atoms with Crippen molar-refractivity contribution in [2.45, 2.75) is 13.3 Å². The fraction of sp³-hybridized carbons (Fsp3) is 0.222. The van der Waals surface area contributed by atoms with Crippen LogP contribution in [0.15, 0.2) is 33.5 Å². The predicted octanol–water partition coefficient (Wildman–Crippen LogP) is 2.37. The molecular weight excluding hydrogens is 204 g/mol. The zero-order chi connectivity index (χ0) is 8.27. The van der Waals surface area contributed by atoms with Crippen molar-refractivity contribution in [2.75, 3.05) is 0 Å². The van der Waals surface area contributed by atoms with Crippen molar-refractivity contribution in [2.24, 2.45) is 0 Å². The van der Waals surface area contributed by atoms with E-state index < -0.39 is 0 Å². The summed E-state index contributed by atoms with van der Waals surface area (Å²) < 4.78 is 1.00.